The number of hydrogen-bond acceptors (Lipinski definition) is 5. The lowest BCUT2D eigenvalue weighted by Crippen LogP contribution is -2.65. The van der Waals surface area contributed by atoms with Gasteiger partial charge in [0.05, 0.1) is 6.10 Å². The summed E-state index contributed by atoms with van der Waals surface area (Å²) < 4.78 is 5.42. The van der Waals surface area contributed by atoms with Crippen LogP contribution in [0, 0.1) is 17.3 Å². The minimum atomic E-state index is -1.06. The molecule has 0 unspecified atom stereocenters. The van der Waals surface area contributed by atoms with Gasteiger partial charge in [-0.3, -0.25) is 4.99 Å². The van der Waals surface area contributed by atoms with Crippen LogP contribution >= 0.6 is 0 Å². The number of nitrogens with zero attached hydrogens (tertiary/aromatic N) is 1. The van der Waals surface area contributed by atoms with Crippen molar-refractivity contribution in [1.82, 2.24) is 0 Å². The first-order valence-corrected chi connectivity index (χ1v) is 14.9. The minimum absolute atomic E-state index is 0.0730. The monoisotopic (exact) mass is 505 g/mol. The summed E-state index contributed by atoms with van der Waals surface area (Å²) in [7, 11) is 0. The Morgan fingerprint density at radius 3 is 2.08 bits per heavy atom. The van der Waals surface area contributed by atoms with Gasteiger partial charge < -0.3 is 14.9 Å². The topological polar surface area (TPSA) is 79.1 Å². The van der Waals surface area contributed by atoms with Crippen molar-refractivity contribution in [2.45, 2.75) is 155 Å². The number of carbonyl (C=O) groups is 1. The molecular formula is C31H55NO4. The molecule has 0 heterocycles. The smallest absolute Gasteiger partial charge is 0.334 e. The lowest BCUT2D eigenvalue weighted by Gasteiger charge is -2.62. The SMILES string of the molecule is CCCCCCCCCCCCC/C=C/[C@@H](O)[C@@H](N=C1C[C@H]2C[C@H](C2(C)C)[C@@]1(C)O)C(=O)OC(C)C. The fourth-order valence-electron chi connectivity index (χ4n) is 6.15. The normalized spacial score (nSPS) is 27.9. The van der Waals surface area contributed by atoms with E-state index in [0.717, 1.165) is 19.3 Å². The van der Waals surface area contributed by atoms with Gasteiger partial charge >= 0.3 is 5.97 Å². The summed E-state index contributed by atoms with van der Waals surface area (Å²) in [6.45, 7) is 12.1. The molecule has 5 nitrogen and oxygen atoms in total. The Hall–Kier alpha value is -1.20. The van der Waals surface area contributed by atoms with Crippen molar-refractivity contribution in [1.29, 1.82) is 0 Å². The van der Waals surface area contributed by atoms with E-state index in [0.29, 0.717) is 18.1 Å². The molecule has 0 spiro atoms. The number of carbonyl (C=O) groups excluding carboxylic acids is 1. The molecule has 5 heteroatoms. The molecule has 3 rings (SSSR count). The number of fused-ring (bicyclic) bond motifs is 2. The van der Waals surface area contributed by atoms with Crippen LogP contribution in [-0.2, 0) is 9.53 Å². The number of hydrogen-bond donors (Lipinski definition) is 2. The van der Waals surface area contributed by atoms with E-state index in [1.807, 2.05) is 13.0 Å². The summed E-state index contributed by atoms with van der Waals surface area (Å²) in [6, 6.07) is -1.04. The Bertz CT molecular complexity index is 724. The van der Waals surface area contributed by atoms with E-state index in [9.17, 15) is 15.0 Å². The number of ether oxygens (including phenoxy) is 1. The van der Waals surface area contributed by atoms with E-state index in [1.165, 1.54) is 64.2 Å². The van der Waals surface area contributed by atoms with E-state index in [4.69, 9.17) is 4.74 Å². The quantitative estimate of drug-likeness (QED) is 0.125. The maximum atomic E-state index is 12.8. The second-order valence-corrected chi connectivity index (χ2v) is 12.4. The van der Waals surface area contributed by atoms with E-state index in [2.05, 4.69) is 25.8 Å². The Balaban J connectivity index is 1.81. The van der Waals surface area contributed by atoms with Gasteiger partial charge in [0.15, 0.2) is 6.04 Å². The number of aliphatic imine (C=N–C) groups is 1. The number of aliphatic hydroxyl groups excluding tert-OH is 1. The molecule has 0 amide bonds. The van der Waals surface area contributed by atoms with Gasteiger partial charge in [-0.1, -0.05) is 97.1 Å². The zero-order valence-corrected chi connectivity index (χ0v) is 24.1. The number of esters is 1. The van der Waals surface area contributed by atoms with Crippen LogP contribution in [0.5, 0.6) is 0 Å². The molecule has 3 saturated carbocycles. The van der Waals surface area contributed by atoms with E-state index >= 15 is 0 Å². The van der Waals surface area contributed by atoms with Crippen LogP contribution < -0.4 is 0 Å². The second kappa shape index (κ2) is 14.7. The molecule has 0 aromatic carbocycles. The van der Waals surface area contributed by atoms with E-state index < -0.39 is 23.7 Å². The molecule has 0 aromatic heterocycles. The molecule has 0 aromatic rings. The van der Waals surface area contributed by atoms with Crippen LogP contribution in [0.15, 0.2) is 17.1 Å². The lowest BCUT2D eigenvalue weighted by molar-refractivity contribution is -0.151. The highest BCUT2D eigenvalue weighted by Crippen LogP contribution is 2.61. The molecule has 3 fully saturated rings. The predicted molar refractivity (Wildman–Crippen MR) is 149 cm³/mol. The number of allylic oxidation sites excluding steroid dienone is 1. The summed E-state index contributed by atoms with van der Waals surface area (Å²) in [5, 5.41) is 22.2. The molecule has 5 atom stereocenters. The third kappa shape index (κ3) is 8.68. The van der Waals surface area contributed by atoms with Gasteiger partial charge in [0, 0.05) is 5.71 Å². The van der Waals surface area contributed by atoms with Gasteiger partial charge in [-0.25, -0.2) is 4.79 Å². The van der Waals surface area contributed by atoms with E-state index in [1.54, 1.807) is 19.9 Å². The van der Waals surface area contributed by atoms with Crippen LogP contribution in [0.1, 0.15) is 131 Å². The Labute approximate surface area is 221 Å². The van der Waals surface area contributed by atoms with Crippen molar-refractivity contribution in [3.05, 3.63) is 12.2 Å². The van der Waals surface area contributed by atoms with Crippen LogP contribution in [0.4, 0.5) is 0 Å². The van der Waals surface area contributed by atoms with Gasteiger partial charge in [-0.15, -0.1) is 0 Å². The van der Waals surface area contributed by atoms with Crippen molar-refractivity contribution in [2.75, 3.05) is 0 Å². The zero-order chi connectivity index (χ0) is 26.8. The van der Waals surface area contributed by atoms with Crippen molar-refractivity contribution in [2.24, 2.45) is 22.2 Å². The average Bonchev–Trinajstić information content (AvgIpc) is 2.79. The Kier molecular flexibility index (Phi) is 12.6. The van der Waals surface area contributed by atoms with Gasteiger partial charge in [0.25, 0.3) is 0 Å². The molecular weight excluding hydrogens is 450 g/mol. The fourth-order valence-corrected chi connectivity index (χ4v) is 6.15. The largest absolute Gasteiger partial charge is 0.461 e. The first-order chi connectivity index (χ1) is 17.0. The van der Waals surface area contributed by atoms with Crippen LogP contribution in [-0.4, -0.2) is 45.7 Å². The first-order valence-electron chi connectivity index (χ1n) is 14.9. The van der Waals surface area contributed by atoms with Gasteiger partial charge in [0.1, 0.15) is 11.7 Å². The first kappa shape index (κ1) is 31.0. The van der Waals surface area contributed by atoms with Gasteiger partial charge in [-0.2, -0.15) is 0 Å². The molecule has 36 heavy (non-hydrogen) atoms. The Morgan fingerprint density at radius 1 is 1.03 bits per heavy atom. The minimum Gasteiger partial charge on any atom is -0.461 e. The second-order valence-electron chi connectivity index (χ2n) is 12.4. The summed E-state index contributed by atoms with van der Waals surface area (Å²) in [5.41, 5.74) is -0.358. The molecule has 3 aliphatic carbocycles. The highest BCUT2D eigenvalue weighted by atomic mass is 16.5. The fraction of sp³-hybridized carbons (Fsp3) is 0.871. The van der Waals surface area contributed by atoms with Crippen molar-refractivity contribution < 1.29 is 19.7 Å². The number of unbranched alkanes of at least 4 members (excludes halogenated alkanes) is 11. The summed E-state index contributed by atoms with van der Waals surface area (Å²) in [6.07, 6.45) is 19.2. The molecule has 0 saturated heterocycles. The Morgan fingerprint density at radius 2 is 1.58 bits per heavy atom. The molecule has 208 valence electrons. The average molecular weight is 506 g/mol. The van der Waals surface area contributed by atoms with Crippen LogP contribution in [0.2, 0.25) is 0 Å². The summed E-state index contributed by atoms with van der Waals surface area (Å²) in [4.78, 5) is 17.5. The van der Waals surface area contributed by atoms with Crippen molar-refractivity contribution >= 4 is 11.7 Å². The van der Waals surface area contributed by atoms with E-state index in [-0.39, 0.29) is 17.4 Å². The molecule has 2 N–H and O–H groups in total. The maximum absolute atomic E-state index is 12.8. The lowest BCUT2D eigenvalue weighted by atomic mass is 9.44. The molecule has 2 bridgehead atoms. The highest BCUT2D eigenvalue weighted by molar-refractivity contribution is 5.96. The predicted octanol–water partition coefficient (Wildman–Crippen LogP) is 7.18. The molecule has 3 aliphatic rings. The molecule has 0 radical (unpaired) electrons. The summed E-state index contributed by atoms with van der Waals surface area (Å²) >= 11 is 0. The third-order valence-electron chi connectivity index (χ3n) is 8.69. The third-order valence-corrected chi connectivity index (χ3v) is 8.69. The zero-order valence-electron chi connectivity index (χ0n) is 24.1. The maximum Gasteiger partial charge on any atom is 0.334 e. The molecule has 0 aliphatic heterocycles. The van der Waals surface area contributed by atoms with Gasteiger partial charge in [0.2, 0.25) is 0 Å². The number of aliphatic hydroxyl groups is 2. The standard InChI is InChI=1S/C31H55NO4/c1-7-8-9-10-11-12-13-14-15-16-17-18-19-20-25(33)28(29(34)36-23(2)3)32-27-22-24-21-26(30(24,4)5)31(27,6)35/h19-20,23-26,28,33,35H,7-18,21-22H2,1-6H3/b20-19+,32-27?/t24-,25-,26-,28-,31-/m1/s1. The van der Waals surface area contributed by atoms with Crippen LogP contribution in [0.3, 0.4) is 0 Å². The highest BCUT2D eigenvalue weighted by Gasteiger charge is 2.61. The van der Waals surface area contributed by atoms with Crippen molar-refractivity contribution in [3.8, 4) is 0 Å². The van der Waals surface area contributed by atoms with Crippen molar-refractivity contribution in [3.63, 3.8) is 0 Å². The summed E-state index contributed by atoms with van der Waals surface area (Å²) in [5.74, 6) is 0.0497. The number of rotatable bonds is 17. The van der Waals surface area contributed by atoms with Crippen LogP contribution in [0.25, 0.3) is 0 Å². The van der Waals surface area contributed by atoms with Gasteiger partial charge in [-0.05, 0) is 63.7 Å².